The zero-order valence-corrected chi connectivity index (χ0v) is 11.1. The van der Waals surface area contributed by atoms with Crippen molar-refractivity contribution in [2.45, 2.75) is 25.3 Å². The minimum absolute atomic E-state index is 0.0338. The molecule has 1 aliphatic rings. The summed E-state index contributed by atoms with van der Waals surface area (Å²) in [4.78, 5) is 13.5. The van der Waals surface area contributed by atoms with E-state index in [4.69, 9.17) is 4.42 Å². The first kappa shape index (κ1) is 13.1. The highest BCUT2D eigenvalue weighted by molar-refractivity contribution is 7.91. The Kier molecular flexibility index (Phi) is 3.75. The molecule has 0 N–H and O–H groups in total. The smallest absolute Gasteiger partial charge is 0.223 e. The lowest BCUT2D eigenvalue weighted by molar-refractivity contribution is -0.131. The lowest BCUT2D eigenvalue weighted by Crippen LogP contribution is -2.37. The Morgan fingerprint density at radius 2 is 2.33 bits per heavy atom. The van der Waals surface area contributed by atoms with E-state index in [2.05, 4.69) is 0 Å². The molecule has 100 valence electrons. The molecule has 1 saturated heterocycles. The number of hydrogen-bond donors (Lipinski definition) is 0. The van der Waals surface area contributed by atoms with Gasteiger partial charge in [0, 0.05) is 25.9 Å². The van der Waals surface area contributed by atoms with Gasteiger partial charge in [-0.05, 0) is 18.6 Å². The van der Waals surface area contributed by atoms with E-state index in [1.807, 2.05) is 6.07 Å². The highest BCUT2D eigenvalue weighted by atomic mass is 32.2. The molecule has 2 rings (SSSR count). The topological polar surface area (TPSA) is 67.6 Å². The van der Waals surface area contributed by atoms with Gasteiger partial charge >= 0.3 is 0 Å². The summed E-state index contributed by atoms with van der Waals surface area (Å²) in [7, 11) is -1.27. The van der Waals surface area contributed by atoms with Gasteiger partial charge in [0.2, 0.25) is 5.91 Å². The van der Waals surface area contributed by atoms with Crippen molar-refractivity contribution in [1.29, 1.82) is 0 Å². The van der Waals surface area contributed by atoms with Gasteiger partial charge in [-0.25, -0.2) is 8.42 Å². The fourth-order valence-corrected chi connectivity index (χ4v) is 3.92. The third-order valence-electron chi connectivity index (χ3n) is 3.31. The Hall–Kier alpha value is -1.30. The average Bonchev–Trinajstić information content (AvgIpc) is 2.94. The van der Waals surface area contributed by atoms with Gasteiger partial charge in [0.1, 0.15) is 5.76 Å². The lowest BCUT2D eigenvalue weighted by atomic mass is 10.2. The molecule has 6 heteroatoms. The number of nitrogens with zero attached hydrogens (tertiary/aromatic N) is 1. The van der Waals surface area contributed by atoms with Crippen LogP contribution in [0, 0.1) is 0 Å². The molecule has 0 radical (unpaired) electrons. The second-order valence-electron chi connectivity index (χ2n) is 4.64. The summed E-state index contributed by atoms with van der Waals surface area (Å²) >= 11 is 0. The summed E-state index contributed by atoms with van der Waals surface area (Å²) in [5.41, 5.74) is 0. The van der Waals surface area contributed by atoms with Crippen LogP contribution in [0.1, 0.15) is 18.6 Å². The minimum atomic E-state index is -2.94. The molecule has 18 heavy (non-hydrogen) atoms. The number of amides is 1. The average molecular weight is 271 g/mol. The number of carbonyl (C=O) groups is 1. The number of hydrogen-bond acceptors (Lipinski definition) is 4. The molecule has 1 amide bonds. The van der Waals surface area contributed by atoms with Crippen LogP contribution in [-0.2, 0) is 21.1 Å². The fourth-order valence-electron chi connectivity index (χ4n) is 2.15. The van der Waals surface area contributed by atoms with Crippen LogP contribution in [0.4, 0.5) is 0 Å². The predicted octanol–water partition coefficient (Wildman–Crippen LogP) is 0.858. The Morgan fingerprint density at radius 3 is 2.89 bits per heavy atom. The Labute approximate surface area is 107 Å². The molecule has 0 aliphatic carbocycles. The van der Waals surface area contributed by atoms with Crippen molar-refractivity contribution < 1.29 is 17.6 Å². The normalized spacial score (nSPS) is 21.9. The summed E-state index contributed by atoms with van der Waals surface area (Å²) in [5, 5.41) is 0. The van der Waals surface area contributed by atoms with E-state index in [9.17, 15) is 13.2 Å². The largest absolute Gasteiger partial charge is 0.469 e. The van der Waals surface area contributed by atoms with Gasteiger partial charge in [-0.1, -0.05) is 0 Å². The van der Waals surface area contributed by atoms with Crippen LogP contribution in [0.2, 0.25) is 0 Å². The second-order valence-corrected chi connectivity index (χ2v) is 6.87. The van der Waals surface area contributed by atoms with E-state index < -0.39 is 9.84 Å². The van der Waals surface area contributed by atoms with Crippen molar-refractivity contribution in [3.8, 4) is 0 Å². The van der Waals surface area contributed by atoms with Crippen LogP contribution < -0.4 is 0 Å². The third-order valence-corrected chi connectivity index (χ3v) is 5.07. The van der Waals surface area contributed by atoms with Crippen molar-refractivity contribution in [2.75, 3.05) is 18.6 Å². The zero-order valence-electron chi connectivity index (χ0n) is 10.3. The number of carbonyl (C=O) groups excluding carboxylic acids is 1. The van der Waals surface area contributed by atoms with E-state index in [-0.39, 0.29) is 23.5 Å². The molecule has 1 fully saturated rings. The molecule has 5 nitrogen and oxygen atoms in total. The number of aryl methyl sites for hydroxylation is 1. The van der Waals surface area contributed by atoms with Gasteiger partial charge in [0.15, 0.2) is 9.84 Å². The maximum Gasteiger partial charge on any atom is 0.223 e. The Morgan fingerprint density at radius 1 is 1.56 bits per heavy atom. The number of furan rings is 1. The van der Waals surface area contributed by atoms with Crippen LogP contribution in [-0.4, -0.2) is 43.8 Å². The second kappa shape index (κ2) is 5.14. The first-order valence-electron chi connectivity index (χ1n) is 5.96. The van der Waals surface area contributed by atoms with Gasteiger partial charge in [-0.15, -0.1) is 0 Å². The van der Waals surface area contributed by atoms with Gasteiger partial charge in [-0.3, -0.25) is 4.79 Å². The lowest BCUT2D eigenvalue weighted by Gasteiger charge is -2.23. The van der Waals surface area contributed by atoms with Crippen LogP contribution in [0.25, 0.3) is 0 Å². The molecule has 0 aromatic carbocycles. The molecule has 0 spiro atoms. The van der Waals surface area contributed by atoms with Crippen molar-refractivity contribution in [3.63, 3.8) is 0 Å². The van der Waals surface area contributed by atoms with Crippen molar-refractivity contribution in [3.05, 3.63) is 24.2 Å². The molecule has 1 aliphatic heterocycles. The maximum absolute atomic E-state index is 11.9. The van der Waals surface area contributed by atoms with Crippen LogP contribution >= 0.6 is 0 Å². The Bertz CT molecular complexity index is 506. The summed E-state index contributed by atoms with van der Waals surface area (Å²) < 4.78 is 27.9. The molecule has 0 saturated carbocycles. The van der Waals surface area contributed by atoms with Crippen molar-refractivity contribution in [2.24, 2.45) is 0 Å². The summed E-state index contributed by atoms with van der Waals surface area (Å²) in [6.07, 6.45) is 3.02. The molecule has 0 unspecified atom stereocenters. The fraction of sp³-hybridized carbons (Fsp3) is 0.583. The van der Waals surface area contributed by atoms with Crippen molar-refractivity contribution >= 4 is 15.7 Å². The number of sulfone groups is 1. The third kappa shape index (κ3) is 3.13. The molecule has 1 atom stereocenters. The maximum atomic E-state index is 11.9. The summed E-state index contributed by atoms with van der Waals surface area (Å²) in [5.74, 6) is 1.02. The van der Waals surface area contributed by atoms with Crippen LogP contribution in [0.3, 0.4) is 0 Å². The molecular formula is C12H17NO4S. The first-order valence-corrected chi connectivity index (χ1v) is 7.78. The highest BCUT2D eigenvalue weighted by Gasteiger charge is 2.32. The van der Waals surface area contributed by atoms with E-state index >= 15 is 0 Å². The van der Waals surface area contributed by atoms with Crippen LogP contribution in [0.15, 0.2) is 22.8 Å². The van der Waals surface area contributed by atoms with E-state index in [1.165, 1.54) is 0 Å². The van der Waals surface area contributed by atoms with Crippen molar-refractivity contribution in [1.82, 2.24) is 4.90 Å². The molecule has 2 heterocycles. The first-order chi connectivity index (χ1) is 8.48. The molecule has 1 aromatic heterocycles. The standard InChI is InChI=1S/C12H17NO4S/c1-13(10-6-8-18(15,16)9-10)12(14)5-4-11-3-2-7-17-11/h2-3,7,10H,4-6,8-9H2,1H3/t10-/m0/s1. The van der Waals surface area contributed by atoms with Gasteiger partial charge < -0.3 is 9.32 Å². The van der Waals surface area contributed by atoms with E-state index in [1.54, 1.807) is 24.3 Å². The minimum Gasteiger partial charge on any atom is -0.469 e. The number of rotatable bonds is 4. The molecular weight excluding hydrogens is 254 g/mol. The quantitative estimate of drug-likeness (QED) is 0.814. The molecule has 1 aromatic rings. The Balaban J connectivity index is 1.85. The predicted molar refractivity (Wildman–Crippen MR) is 66.9 cm³/mol. The van der Waals surface area contributed by atoms with E-state index in [0.29, 0.717) is 19.3 Å². The van der Waals surface area contributed by atoms with Crippen LogP contribution in [0.5, 0.6) is 0 Å². The van der Waals surface area contributed by atoms with E-state index in [0.717, 1.165) is 5.76 Å². The SMILES string of the molecule is CN(C(=O)CCc1ccco1)[C@H]1CCS(=O)(=O)C1. The summed E-state index contributed by atoms with van der Waals surface area (Å²) in [6.45, 7) is 0. The summed E-state index contributed by atoms with van der Waals surface area (Å²) in [6, 6.07) is 3.44. The zero-order chi connectivity index (χ0) is 13.2. The van der Waals surface area contributed by atoms with Gasteiger partial charge in [-0.2, -0.15) is 0 Å². The highest BCUT2D eigenvalue weighted by Crippen LogP contribution is 2.17. The van der Waals surface area contributed by atoms with Gasteiger partial charge in [0.05, 0.1) is 17.8 Å². The van der Waals surface area contributed by atoms with Gasteiger partial charge in [0.25, 0.3) is 0 Å². The molecule has 0 bridgehead atoms. The monoisotopic (exact) mass is 271 g/mol.